The molecule has 0 aliphatic heterocycles. The van der Waals surface area contributed by atoms with Crippen molar-refractivity contribution in [3.8, 4) is 0 Å². The molecule has 4 nitrogen and oxygen atoms in total. The maximum absolute atomic E-state index is 4.31. The Labute approximate surface area is 121 Å². The van der Waals surface area contributed by atoms with Gasteiger partial charge in [-0.15, -0.1) is 0 Å². The van der Waals surface area contributed by atoms with Gasteiger partial charge in [-0.1, -0.05) is 37.3 Å². The van der Waals surface area contributed by atoms with Gasteiger partial charge >= 0.3 is 0 Å². The van der Waals surface area contributed by atoms with Crippen molar-refractivity contribution < 1.29 is 0 Å². The average molecular weight is 272 g/mol. The molecular weight excluding hydrogens is 248 g/mol. The molecule has 1 N–H and O–H groups in total. The maximum Gasteiger partial charge on any atom is 0.140 e. The largest absolute Gasteiger partial charge is 0.307 e. The Morgan fingerprint density at radius 3 is 2.80 bits per heavy atom. The van der Waals surface area contributed by atoms with E-state index in [-0.39, 0.29) is 0 Å². The molecule has 1 unspecified atom stereocenters. The third-order valence-electron chi connectivity index (χ3n) is 3.45. The summed E-state index contributed by atoms with van der Waals surface area (Å²) in [5.41, 5.74) is 1.40. The van der Waals surface area contributed by atoms with Crippen LogP contribution in [-0.4, -0.2) is 20.8 Å². The fraction of sp³-hybridized carbons (Fsp3) is 0.500. The van der Waals surface area contributed by atoms with E-state index in [0.29, 0.717) is 6.04 Å². The monoisotopic (exact) mass is 272 g/mol. The first-order valence-corrected chi connectivity index (χ1v) is 7.43. The highest BCUT2D eigenvalue weighted by atomic mass is 15.3. The van der Waals surface area contributed by atoms with Crippen molar-refractivity contribution in [1.29, 1.82) is 0 Å². The summed E-state index contributed by atoms with van der Waals surface area (Å²) in [7, 11) is 0. The van der Waals surface area contributed by atoms with Gasteiger partial charge in [-0.25, -0.2) is 9.67 Å². The number of aryl methyl sites for hydroxylation is 2. The SMILES string of the molecule is CCCn1ncnc1CNC(C)CCc1ccccc1. The van der Waals surface area contributed by atoms with E-state index in [0.717, 1.165) is 38.2 Å². The molecule has 0 saturated carbocycles. The van der Waals surface area contributed by atoms with E-state index in [1.54, 1.807) is 6.33 Å². The second-order valence-electron chi connectivity index (χ2n) is 5.21. The van der Waals surface area contributed by atoms with E-state index >= 15 is 0 Å². The Bertz CT molecular complexity index is 492. The minimum atomic E-state index is 0.474. The van der Waals surface area contributed by atoms with Crippen LogP contribution in [0.15, 0.2) is 36.7 Å². The summed E-state index contributed by atoms with van der Waals surface area (Å²) in [5, 5.41) is 7.77. The Kier molecular flexibility index (Phi) is 5.74. The van der Waals surface area contributed by atoms with E-state index in [1.807, 2.05) is 4.68 Å². The maximum atomic E-state index is 4.31. The van der Waals surface area contributed by atoms with Gasteiger partial charge in [0.05, 0.1) is 6.54 Å². The predicted octanol–water partition coefficient (Wildman–Crippen LogP) is 2.80. The zero-order chi connectivity index (χ0) is 14.2. The molecule has 20 heavy (non-hydrogen) atoms. The number of rotatable bonds is 8. The summed E-state index contributed by atoms with van der Waals surface area (Å²) >= 11 is 0. The highest BCUT2D eigenvalue weighted by molar-refractivity contribution is 5.14. The lowest BCUT2D eigenvalue weighted by molar-refractivity contribution is 0.479. The van der Waals surface area contributed by atoms with Gasteiger partial charge < -0.3 is 5.32 Å². The Morgan fingerprint density at radius 1 is 1.25 bits per heavy atom. The van der Waals surface area contributed by atoms with Gasteiger partial charge in [0, 0.05) is 12.6 Å². The molecular formula is C16H24N4. The lowest BCUT2D eigenvalue weighted by Gasteiger charge is -2.14. The molecule has 1 aromatic heterocycles. The first-order valence-electron chi connectivity index (χ1n) is 7.43. The molecule has 2 rings (SSSR count). The summed E-state index contributed by atoms with van der Waals surface area (Å²) in [6, 6.07) is 11.1. The molecule has 1 aromatic carbocycles. The quantitative estimate of drug-likeness (QED) is 0.803. The lowest BCUT2D eigenvalue weighted by atomic mass is 10.1. The smallest absolute Gasteiger partial charge is 0.140 e. The molecule has 0 amide bonds. The van der Waals surface area contributed by atoms with Gasteiger partial charge in [-0.2, -0.15) is 5.10 Å². The van der Waals surface area contributed by atoms with Crippen LogP contribution in [0.4, 0.5) is 0 Å². The molecule has 1 atom stereocenters. The van der Waals surface area contributed by atoms with Crippen molar-refractivity contribution in [3.63, 3.8) is 0 Å². The fourth-order valence-electron chi connectivity index (χ4n) is 2.22. The molecule has 0 bridgehead atoms. The molecule has 1 heterocycles. The molecule has 108 valence electrons. The van der Waals surface area contributed by atoms with E-state index in [9.17, 15) is 0 Å². The van der Waals surface area contributed by atoms with E-state index in [1.165, 1.54) is 5.56 Å². The molecule has 4 heteroatoms. The minimum absolute atomic E-state index is 0.474. The van der Waals surface area contributed by atoms with Crippen molar-refractivity contribution in [3.05, 3.63) is 48.0 Å². The average Bonchev–Trinajstić information content (AvgIpc) is 2.92. The van der Waals surface area contributed by atoms with Gasteiger partial charge in [0.1, 0.15) is 12.2 Å². The summed E-state index contributed by atoms with van der Waals surface area (Å²) < 4.78 is 1.98. The number of nitrogens with one attached hydrogen (secondary N) is 1. The van der Waals surface area contributed by atoms with E-state index in [2.05, 4.69) is 59.6 Å². The Balaban J connectivity index is 1.74. The van der Waals surface area contributed by atoms with Crippen LogP contribution in [0.2, 0.25) is 0 Å². The standard InChI is InChI=1S/C16H24N4/c1-3-11-20-16(18-13-19-20)12-17-14(2)9-10-15-7-5-4-6-8-15/h4-8,13-14,17H,3,9-12H2,1-2H3. The molecule has 0 fully saturated rings. The summed E-state index contributed by atoms with van der Waals surface area (Å²) in [4.78, 5) is 4.31. The molecule has 2 aromatic rings. The van der Waals surface area contributed by atoms with Gasteiger partial charge in [0.25, 0.3) is 0 Å². The highest BCUT2D eigenvalue weighted by Gasteiger charge is 2.06. The third-order valence-corrected chi connectivity index (χ3v) is 3.45. The molecule has 0 aliphatic carbocycles. The van der Waals surface area contributed by atoms with Crippen LogP contribution in [0.25, 0.3) is 0 Å². The molecule has 0 saturated heterocycles. The predicted molar refractivity (Wildman–Crippen MR) is 81.4 cm³/mol. The van der Waals surface area contributed by atoms with Crippen LogP contribution in [0, 0.1) is 0 Å². The first kappa shape index (κ1) is 14.7. The summed E-state index contributed by atoms with van der Waals surface area (Å²) in [5.74, 6) is 1.03. The summed E-state index contributed by atoms with van der Waals surface area (Å²) in [6.07, 6.45) is 4.96. The molecule has 0 aliphatic rings. The molecule has 0 spiro atoms. The zero-order valence-electron chi connectivity index (χ0n) is 12.4. The van der Waals surface area contributed by atoms with Crippen LogP contribution in [0.3, 0.4) is 0 Å². The van der Waals surface area contributed by atoms with Crippen molar-refractivity contribution in [1.82, 2.24) is 20.1 Å². The number of aromatic nitrogens is 3. The van der Waals surface area contributed by atoms with Crippen molar-refractivity contribution in [2.45, 2.75) is 52.2 Å². The van der Waals surface area contributed by atoms with Crippen molar-refractivity contribution >= 4 is 0 Å². The first-order chi connectivity index (χ1) is 9.79. The second kappa shape index (κ2) is 7.80. The fourth-order valence-corrected chi connectivity index (χ4v) is 2.22. The van der Waals surface area contributed by atoms with E-state index in [4.69, 9.17) is 0 Å². The van der Waals surface area contributed by atoms with Gasteiger partial charge in [0.2, 0.25) is 0 Å². The van der Waals surface area contributed by atoms with Crippen LogP contribution in [0.1, 0.15) is 38.1 Å². The normalized spacial score (nSPS) is 12.5. The van der Waals surface area contributed by atoms with Crippen LogP contribution in [0.5, 0.6) is 0 Å². The Morgan fingerprint density at radius 2 is 2.05 bits per heavy atom. The van der Waals surface area contributed by atoms with Crippen molar-refractivity contribution in [2.75, 3.05) is 0 Å². The number of hydrogen-bond donors (Lipinski definition) is 1. The zero-order valence-corrected chi connectivity index (χ0v) is 12.4. The Hall–Kier alpha value is -1.68. The van der Waals surface area contributed by atoms with Gasteiger partial charge in [-0.05, 0) is 31.7 Å². The number of benzene rings is 1. The second-order valence-corrected chi connectivity index (χ2v) is 5.21. The summed E-state index contributed by atoms with van der Waals surface area (Å²) in [6.45, 7) is 6.11. The van der Waals surface area contributed by atoms with E-state index < -0.39 is 0 Å². The van der Waals surface area contributed by atoms with Crippen molar-refractivity contribution in [2.24, 2.45) is 0 Å². The topological polar surface area (TPSA) is 42.7 Å². The molecule has 0 radical (unpaired) electrons. The van der Waals surface area contributed by atoms with Crippen LogP contribution in [-0.2, 0) is 19.5 Å². The number of hydrogen-bond acceptors (Lipinski definition) is 3. The lowest BCUT2D eigenvalue weighted by Crippen LogP contribution is -2.27. The third kappa shape index (κ3) is 4.46. The van der Waals surface area contributed by atoms with Gasteiger partial charge in [-0.3, -0.25) is 0 Å². The van der Waals surface area contributed by atoms with Crippen LogP contribution >= 0.6 is 0 Å². The highest BCUT2D eigenvalue weighted by Crippen LogP contribution is 2.05. The number of nitrogens with zero attached hydrogens (tertiary/aromatic N) is 3. The minimum Gasteiger partial charge on any atom is -0.307 e. The van der Waals surface area contributed by atoms with Crippen LogP contribution < -0.4 is 5.32 Å². The van der Waals surface area contributed by atoms with Gasteiger partial charge in [0.15, 0.2) is 0 Å².